The van der Waals surface area contributed by atoms with Gasteiger partial charge in [-0.25, -0.2) is 18.1 Å². The van der Waals surface area contributed by atoms with Crippen LogP contribution in [-0.4, -0.2) is 26.4 Å². The average Bonchev–Trinajstić information content (AvgIpc) is 2.94. The third-order valence-corrected chi connectivity index (χ3v) is 5.43. The first-order valence-corrected chi connectivity index (χ1v) is 8.56. The lowest BCUT2D eigenvalue weighted by atomic mass is 10.2. The zero-order valence-electron chi connectivity index (χ0n) is 12.0. The predicted octanol–water partition coefficient (Wildman–Crippen LogP) is 1.59. The number of nitrogens with one attached hydrogen (secondary N) is 2. The van der Waals surface area contributed by atoms with Crippen molar-refractivity contribution < 1.29 is 17.9 Å². The van der Waals surface area contributed by atoms with Gasteiger partial charge in [-0.3, -0.25) is 4.79 Å². The van der Waals surface area contributed by atoms with Gasteiger partial charge in [-0.1, -0.05) is 23.5 Å². The summed E-state index contributed by atoms with van der Waals surface area (Å²) in [5.41, 5.74) is 0.802. The third-order valence-electron chi connectivity index (χ3n) is 2.66. The number of hydrogen-bond donors (Lipinski definition) is 2. The first kappa shape index (κ1) is 16.4. The third kappa shape index (κ3) is 4.26. The van der Waals surface area contributed by atoms with E-state index in [0.717, 1.165) is 16.9 Å². The van der Waals surface area contributed by atoms with Crippen molar-refractivity contribution in [1.29, 1.82) is 0 Å². The Labute approximate surface area is 132 Å². The standard InChI is InChI=1S/C13H15N3O4S2/c1-9(17)16-13-14-8-12(21-13)22(18,19)15-7-10-3-5-11(20-2)6-4-10/h3-6,8,15H,7H2,1-2H3,(H,14,16,17). The summed E-state index contributed by atoms with van der Waals surface area (Å²) < 4.78 is 31.9. The Hall–Kier alpha value is -1.97. The number of thiazole rings is 1. The molecule has 0 radical (unpaired) electrons. The van der Waals surface area contributed by atoms with E-state index in [9.17, 15) is 13.2 Å². The van der Waals surface area contributed by atoms with Gasteiger partial charge in [0, 0.05) is 13.5 Å². The van der Waals surface area contributed by atoms with Crippen LogP contribution in [0.2, 0.25) is 0 Å². The molecule has 9 heteroatoms. The summed E-state index contributed by atoms with van der Waals surface area (Å²) in [5.74, 6) is 0.401. The first-order chi connectivity index (χ1) is 10.4. The minimum absolute atomic E-state index is 0.0461. The van der Waals surface area contributed by atoms with Crippen LogP contribution < -0.4 is 14.8 Å². The molecule has 0 saturated carbocycles. The molecule has 7 nitrogen and oxygen atoms in total. The van der Waals surface area contributed by atoms with Crippen molar-refractivity contribution in [1.82, 2.24) is 9.71 Å². The number of aromatic nitrogens is 1. The lowest BCUT2D eigenvalue weighted by molar-refractivity contribution is -0.114. The van der Waals surface area contributed by atoms with Gasteiger partial charge in [0.05, 0.1) is 13.3 Å². The Morgan fingerprint density at radius 3 is 2.59 bits per heavy atom. The van der Waals surface area contributed by atoms with Gasteiger partial charge in [0.1, 0.15) is 5.75 Å². The van der Waals surface area contributed by atoms with Crippen molar-refractivity contribution in [2.45, 2.75) is 17.7 Å². The molecule has 0 spiro atoms. The number of rotatable bonds is 6. The summed E-state index contributed by atoms with van der Waals surface area (Å²) in [7, 11) is -2.10. The fraction of sp³-hybridized carbons (Fsp3) is 0.231. The lowest BCUT2D eigenvalue weighted by Gasteiger charge is -2.05. The molecule has 0 unspecified atom stereocenters. The SMILES string of the molecule is COc1ccc(CNS(=O)(=O)c2cnc(NC(C)=O)s2)cc1. The molecular formula is C13H15N3O4S2. The highest BCUT2D eigenvalue weighted by molar-refractivity contribution is 7.91. The van der Waals surface area contributed by atoms with Gasteiger partial charge in [-0.05, 0) is 17.7 Å². The van der Waals surface area contributed by atoms with Crippen LogP contribution in [0.4, 0.5) is 5.13 Å². The van der Waals surface area contributed by atoms with Crippen LogP contribution in [0.5, 0.6) is 5.75 Å². The highest BCUT2D eigenvalue weighted by Crippen LogP contribution is 2.22. The van der Waals surface area contributed by atoms with Crippen molar-refractivity contribution in [3.8, 4) is 5.75 Å². The van der Waals surface area contributed by atoms with Gasteiger partial charge in [-0.15, -0.1) is 0 Å². The monoisotopic (exact) mass is 341 g/mol. The van der Waals surface area contributed by atoms with Crippen molar-refractivity contribution >= 4 is 32.4 Å². The molecule has 0 bridgehead atoms. The zero-order valence-corrected chi connectivity index (χ0v) is 13.6. The van der Waals surface area contributed by atoms with Crippen LogP contribution in [-0.2, 0) is 21.4 Å². The quantitative estimate of drug-likeness (QED) is 0.831. The molecule has 2 N–H and O–H groups in total. The Balaban J connectivity index is 2.03. The lowest BCUT2D eigenvalue weighted by Crippen LogP contribution is -2.22. The molecule has 118 valence electrons. The van der Waals surface area contributed by atoms with Crippen molar-refractivity contribution in [3.63, 3.8) is 0 Å². The maximum Gasteiger partial charge on any atom is 0.252 e. The van der Waals surface area contributed by atoms with Crippen molar-refractivity contribution in [3.05, 3.63) is 36.0 Å². The number of amides is 1. The largest absolute Gasteiger partial charge is 0.497 e. The molecule has 0 aliphatic rings. The van der Waals surface area contributed by atoms with E-state index in [4.69, 9.17) is 4.74 Å². The highest BCUT2D eigenvalue weighted by atomic mass is 32.2. The van der Waals surface area contributed by atoms with E-state index < -0.39 is 10.0 Å². The van der Waals surface area contributed by atoms with E-state index in [1.54, 1.807) is 31.4 Å². The molecule has 22 heavy (non-hydrogen) atoms. The number of carbonyl (C=O) groups is 1. The van der Waals surface area contributed by atoms with Crippen LogP contribution >= 0.6 is 11.3 Å². The number of nitrogens with zero attached hydrogens (tertiary/aromatic N) is 1. The molecule has 0 aliphatic carbocycles. The minimum Gasteiger partial charge on any atom is -0.497 e. The Morgan fingerprint density at radius 1 is 1.32 bits per heavy atom. The molecule has 0 aliphatic heterocycles. The van der Waals surface area contributed by atoms with E-state index in [0.29, 0.717) is 5.75 Å². The van der Waals surface area contributed by atoms with Gasteiger partial charge in [-0.2, -0.15) is 0 Å². The summed E-state index contributed by atoms with van der Waals surface area (Å²) in [5, 5.41) is 2.69. The molecule has 0 atom stereocenters. The van der Waals surface area contributed by atoms with Gasteiger partial charge in [0.15, 0.2) is 9.34 Å². The maximum absolute atomic E-state index is 12.1. The highest BCUT2D eigenvalue weighted by Gasteiger charge is 2.18. The second kappa shape index (κ2) is 6.86. The number of sulfonamides is 1. The second-order valence-corrected chi connectivity index (χ2v) is 7.36. The van der Waals surface area contributed by atoms with Crippen LogP contribution in [0.3, 0.4) is 0 Å². The van der Waals surface area contributed by atoms with E-state index in [-0.39, 0.29) is 21.8 Å². The predicted molar refractivity (Wildman–Crippen MR) is 83.4 cm³/mol. The van der Waals surface area contributed by atoms with E-state index in [1.165, 1.54) is 13.1 Å². The van der Waals surface area contributed by atoms with Crippen molar-refractivity contribution in [2.24, 2.45) is 0 Å². The number of ether oxygens (including phenoxy) is 1. The number of methoxy groups -OCH3 is 1. The maximum atomic E-state index is 12.1. The molecule has 2 rings (SSSR count). The molecule has 1 amide bonds. The zero-order chi connectivity index (χ0) is 16.2. The van der Waals surface area contributed by atoms with Crippen LogP contribution in [0.15, 0.2) is 34.7 Å². The Bertz CT molecular complexity index is 754. The molecule has 1 aromatic heterocycles. The van der Waals surface area contributed by atoms with Gasteiger partial charge in [0.25, 0.3) is 10.0 Å². The van der Waals surface area contributed by atoms with Crippen molar-refractivity contribution in [2.75, 3.05) is 12.4 Å². The Kier molecular flexibility index (Phi) is 5.11. The van der Waals surface area contributed by atoms with Gasteiger partial charge >= 0.3 is 0 Å². The number of anilines is 1. The Morgan fingerprint density at radius 2 is 2.00 bits per heavy atom. The van der Waals surface area contributed by atoms with E-state index in [1.807, 2.05) is 0 Å². The molecule has 0 saturated heterocycles. The summed E-state index contributed by atoms with van der Waals surface area (Å²) in [4.78, 5) is 14.8. The number of hydrogen-bond acceptors (Lipinski definition) is 6. The fourth-order valence-electron chi connectivity index (χ4n) is 1.58. The summed E-state index contributed by atoms with van der Waals surface area (Å²) in [6.07, 6.45) is 1.21. The molecule has 0 fully saturated rings. The molecule has 1 aromatic carbocycles. The van der Waals surface area contributed by atoms with Gasteiger partial charge in [0.2, 0.25) is 5.91 Å². The topological polar surface area (TPSA) is 97.4 Å². The van der Waals surface area contributed by atoms with Crippen LogP contribution in [0.25, 0.3) is 0 Å². The minimum atomic E-state index is -3.67. The number of carbonyl (C=O) groups excluding carboxylic acids is 1. The summed E-state index contributed by atoms with van der Waals surface area (Å²) >= 11 is 0.896. The molecular weight excluding hydrogens is 326 g/mol. The summed E-state index contributed by atoms with van der Waals surface area (Å²) in [6.45, 7) is 1.48. The van der Waals surface area contributed by atoms with E-state index >= 15 is 0 Å². The van der Waals surface area contributed by atoms with Crippen LogP contribution in [0.1, 0.15) is 12.5 Å². The number of benzene rings is 1. The molecule has 2 aromatic rings. The first-order valence-electron chi connectivity index (χ1n) is 6.27. The van der Waals surface area contributed by atoms with Gasteiger partial charge < -0.3 is 10.1 Å². The molecule has 1 heterocycles. The smallest absolute Gasteiger partial charge is 0.252 e. The fourth-order valence-corrected chi connectivity index (χ4v) is 3.72. The normalized spacial score (nSPS) is 11.2. The van der Waals surface area contributed by atoms with E-state index in [2.05, 4.69) is 15.0 Å². The second-order valence-electron chi connectivity index (χ2n) is 4.34. The van der Waals surface area contributed by atoms with Crippen LogP contribution in [0, 0.1) is 0 Å². The average molecular weight is 341 g/mol. The summed E-state index contributed by atoms with van der Waals surface area (Å²) in [6, 6.07) is 7.06.